The average Bonchev–Trinajstić information content (AvgIpc) is 3.60. The fourth-order valence-corrected chi connectivity index (χ4v) is 6.86. The van der Waals surface area contributed by atoms with Crippen molar-refractivity contribution in [2.24, 2.45) is 0 Å². The second kappa shape index (κ2) is 11.7. The Morgan fingerprint density at radius 2 is 1.02 bits per heavy atom. The van der Waals surface area contributed by atoms with Crippen LogP contribution in [0, 0.1) is 6.85 Å². The Bertz CT molecular complexity index is 3250. The van der Waals surface area contributed by atoms with Gasteiger partial charge in [-0.25, -0.2) is 0 Å². The van der Waals surface area contributed by atoms with E-state index in [1.54, 1.807) is 83.1 Å². The van der Waals surface area contributed by atoms with Crippen molar-refractivity contribution in [1.82, 2.24) is 0 Å². The largest absolute Gasteiger partial charge is 0.468 e. The first kappa shape index (κ1) is 20.7. The topological polar surface area (TPSA) is 19.6 Å². The van der Waals surface area contributed by atoms with E-state index in [-0.39, 0.29) is 108 Å². The van der Waals surface area contributed by atoms with Gasteiger partial charge in [-0.3, -0.25) is 0 Å². The Morgan fingerprint density at radius 1 is 0.547 bits per heavy atom. The van der Waals surface area contributed by atoms with E-state index >= 15 is 0 Å². The van der Waals surface area contributed by atoms with Gasteiger partial charge in [-0.05, 0) is 122 Å². The van der Waals surface area contributed by atoms with E-state index in [2.05, 4.69) is 0 Å². The summed E-state index contributed by atoms with van der Waals surface area (Å²) in [7, 11) is 0. The van der Waals surface area contributed by atoms with Crippen LogP contribution in [0.5, 0.6) is 0 Å². The Hall–Kier alpha value is -4.70. The number of aryl methyl sites for hydroxylation is 1. The Kier molecular flexibility index (Phi) is 4.55. The molecule has 270 valence electrons. The molecule has 0 unspecified atom stereocenters. The minimum atomic E-state index is -2.95. The first-order valence-electron chi connectivity index (χ1n) is 26.5. The first-order valence-corrected chi connectivity index (χ1v) is 18.0. The molecule has 0 spiro atoms. The third-order valence-corrected chi connectivity index (χ3v) is 9.86. The molecule has 0 radical (unpaired) electrons. The lowest BCUT2D eigenvalue weighted by Crippen LogP contribution is -2.61. The van der Waals surface area contributed by atoms with Gasteiger partial charge in [0.25, 0.3) is 6.71 Å². The minimum Gasteiger partial charge on any atom is -0.468 e. The van der Waals surface area contributed by atoms with E-state index in [0.717, 1.165) is 0 Å². The lowest BCUT2D eigenvalue weighted by atomic mass is 9.35. The van der Waals surface area contributed by atoms with E-state index < -0.39 is 101 Å². The van der Waals surface area contributed by atoms with Crippen LogP contribution in [0.25, 0.3) is 11.0 Å². The van der Waals surface area contributed by atoms with Crippen molar-refractivity contribution in [3.8, 4) is 0 Å². The van der Waals surface area contributed by atoms with Gasteiger partial charge in [-0.15, -0.1) is 0 Å². The molecule has 0 saturated heterocycles. The van der Waals surface area contributed by atoms with Crippen molar-refractivity contribution in [3.05, 3.63) is 125 Å². The predicted molar refractivity (Wildman–Crippen MR) is 230 cm³/mol. The van der Waals surface area contributed by atoms with Crippen molar-refractivity contribution >= 4 is 68.4 Å². The zero-order valence-corrected chi connectivity index (χ0v) is 32.5. The molecule has 0 fully saturated rings. The van der Waals surface area contributed by atoms with E-state index in [1.165, 1.54) is 21.9 Å². The summed E-state index contributed by atoms with van der Waals surface area (Å²) in [4.78, 5) is 2.53. The first-order chi connectivity index (χ1) is 31.8. The van der Waals surface area contributed by atoms with Crippen molar-refractivity contribution in [2.75, 3.05) is 9.80 Å². The number of hydrogen-bond donors (Lipinski definition) is 0. The zero-order valence-electron chi connectivity index (χ0n) is 49.5. The SMILES string of the molecule is [2H]c1c([2H])c(C(C)(C)C)c([2H])c2c1B1c3oc4c([2H])c([2H])c(C(C)(C)C)c([2H])c4c3N(c3c([2H])c([2H])c(C(C)(C)C)c([2H])c3[2H])c3cc(C([2H])([2H])[2H])cc(c31)N2c1c([2H])c([2H])c(C(C)(C)C)c([2H])c1[2H]. The number of benzene rings is 5. The van der Waals surface area contributed by atoms with Gasteiger partial charge in [0.2, 0.25) is 0 Å². The molecule has 4 heteroatoms. The highest BCUT2D eigenvalue weighted by Gasteiger charge is 2.47. The highest BCUT2D eigenvalue weighted by molar-refractivity contribution is 7.00. The Labute approximate surface area is 342 Å². The van der Waals surface area contributed by atoms with Gasteiger partial charge < -0.3 is 14.2 Å². The molecule has 0 atom stereocenters. The van der Waals surface area contributed by atoms with Crippen LogP contribution < -0.4 is 26.4 Å². The smallest absolute Gasteiger partial charge is 0.297 e. The van der Waals surface area contributed by atoms with E-state index in [0.29, 0.717) is 0 Å². The number of fused-ring (bicyclic) bond motifs is 6. The molecular formula is C49H55BN2O. The standard InChI is InChI=1S/C49H55BN2O/c1-30-26-40-43-41(27-30)52(36-22-16-32(17-23-36)47(5,6)7)44-37-28-33(48(8,9)10)19-25-42(37)53-45(44)50(43)38-24-18-34(49(11,12)13)29-39(38)51(40)35-20-14-31(15-21-35)46(2,3)4/h14-29H,1-13H3/i1D3,14D,15D,16D,17D,18D,19D,20D,21D,22D,23D,24D,25D,28D,29D. The number of anilines is 6. The highest BCUT2D eigenvalue weighted by Crippen LogP contribution is 2.48. The quantitative estimate of drug-likeness (QED) is 0.166. The highest BCUT2D eigenvalue weighted by atomic mass is 16.3. The van der Waals surface area contributed by atoms with Crippen LogP contribution in [0.1, 0.15) is 134 Å². The van der Waals surface area contributed by atoms with Gasteiger partial charge in [0, 0.05) is 37.9 Å². The molecule has 0 aliphatic carbocycles. The monoisotopic (exact) mass is 716 g/mol. The molecule has 8 rings (SSSR count). The van der Waals surface area contributed by atoms with Crippen LogP contribution in [0.2, 0.25) is 0 Å². The average molecular weight is 716 g/mol. The van der Waals surface area contributed by atoms with Gasteiger partial charge in [0.15, 0.2) is 0 Å². The van der Waals surface area contributed by atoms with Crippen LogP contribution in [0.3, 0.4) is 0 Å². The Balaban J connectivity index is 1.73. The molecular weight excluding hydrogens is 643 g/mol. The van der Waals surface area contributed by atoms with Crippen LogP contribution >= 0.6 is 0 Å². The number of furan rings is 1. The number of hydrogen-bond acceptors (Lipinski definition) is 3. The Morgan fingerprint density at radius 3 is 1.55 bits per heavy atom. The maximum Gasteiger partial charge on any atom is 0.297 e. The summed E-state index contributed by atoms with van der Waals surface area (Å²) in [5.74, 6) is 0. The van der Waals surface area contributed by atoms with E-state index in [9.17, 15) is 19.2 Å². The molecule has 3 heterocycles. The van der Waals surface area contributed by atoms with Crippen molar-refractivity contribution in [1.29, 1.82) is 0 Å². The number of nitrogens with zero attached hydrogens (tertiary/aromatic N) is 2. The summed E-state index contributed by atoms with van der Waals surface area (Å²) in [6.45, 7) is 16.6. The third-order valence-electron chi connectivity index (χ3n) is 9.86. The van der Waals surface area contributed by atoms with Gasteiger partial charge >= 0.3 is 0 Å². The van der Waals surface area contributed by atoms with Crippen LogP contribution in [-0.4, -0.2) is 6.71 Å². The second-order valence-electron chi connectivity index (χ2n) is 18.3. The molecule has 0 N–H and O–H groups in total. The number of rotatable bonds is 2. The minimum absolute atomic E-state index is 0.0524. The molecule has 0 bridgehead atoms. The lowest BCUT2D eigenvalue weighted by Gasteiger charge is -2.43. The summed E-state index contributed by atoms with van der Waals surface area (Å²) in [5, 5.41) is -0.0828. The second-order valence-corrected chi connectivity index (χ2v) is 18.3. The zero-order chi connectivity index (χ0) is 52.7. The van der Waals surface area contributed by atoms with Crippen molar-refractivity contribution < 1.29 is 27.7 Å². The molecule has 0 amide bonds. The maximum atomic E-state index is 10.1. The van der Waals surface area contributed by atoms with Gasteiger partial charge in [0.1, 0.15) is 5.58 Å². The van der Waals surface area contributed by atoms with E-state index in [4.69, 9.17) is 8.53 Å². The van der Waals surface area contributed by atoms with Gasteiger partial charge in [-0.2, -0.15) is 0 Å². The van der Waals surface area contributed by atoms with Gasteiger partial charge in [0.05, 0.1) is 30.5 Å². The normalized spacial score (nSPS) is 19.2. The van der Waals surface area contributed by atoms with Crippen LogP contribution in [0.4, 0.5) is 34.1 Å². The predicted octanol–water partition coefficient (Wildman–Crippen LogP) is 12.0. The summed E-state index contributed by atoms with van der Waals surface area (Å²) >= 11 is 0. The molecule has 5 aromatic carbocycles. The molecule has 2 aliphatic heterocycles. The summed E-state index contributed by atoms with van der Waals surface area (Å²) < 4.78 is 168. The van der Waals surface area contributed by atoms with Gasteiger partial charge in [-0.1, -0.05) is 125 Å². The third kappa shape index (κ3) is 5.81. The fourth-order valence-electron chi connectivity index (χ4n) is 6.86. The fraction of sp³-hybridized carbons (Fsp3) is 0.347. The summed E-state index contributed by atoms with van der Waals surface area (Å²) in [5.41, 5.74) is -5.43. The molecule has 2 aliphatic rings. The summed E-state index contributed by atoms with van der Waals surface area (Å²) in [6.07, 6.45) is 0. The molecule has 6 aromatic rings. The summed E-state index contributed by atoms with van der Waals surface area (Å²) in [6, 6.07) is -3.44. The maximum absolute atomic E-state index is 10.1. The van der Waals surface area contributed by atoms with Crippen molar-refractivity contribution in [3.63, 3.8) is 0 Å². The molecule has 53 heavy (non-hydrogen) atoms. The molecule has 0 saturated carbocycles. The molecule has 1 aromatic heterocycles. The lowest BCUT2D eigenvalue weighted by molar-refractivity contribution is 0.590. The van der Waals surface area contributed by atoms with Crippen LogP contribution in [0.15, 0.2) is 101 Å². The van der Waals surface area contributed by atoms with Crippen molar-refractivity contribution in [2.45, 2.75) is 112 Å². The van der Waals surface area contributed by atoms with Crippen LogP contribution in [-0.2, 0) is 21.7 Å². The van der Waals surface area contributed by atoms with E-state index in [1.807, 2.05) is 0 Å². The molecule has 3 nitrogen and oxygen atoms in total.